The molecule has 2 aliphatic rings. The van der Waals surface area contributed by atoms with E-state index in [2.05, 4.69) is 22.5 Å². The van der Waals surface area contributed by atoms with Crippen molar-refractivity contribution < 1.29 is 9.90 Å². The van der Waals surface area contributed by atoms with Gasteiger partial charge < -0.3 is 15.7 Å². The lowest BCUT2D eigenvalue weighted by Crippen LogP contribution is -2.69. The van der Waals surface area contributed by atoms with Crippen molar-refractivity contribution in [2.75, 3.05) is 19.6 Å². The molecule has 0 bridgehead atoms. The Morgan fingerprint density at radius 3 is 2.78 bits per heavy atom. The Bertz CT molecular complexity index is 838. The van der Waals surface area contributed by atoms with E-state index in [-0.39, 0.29) is 18.0 Å². The van der Waals surface area contributed by atoms with E-state index in [1.54, 1.807) is 4.90 Å². The number of benzene rings is 1. The van der Waals surface area contributed by atoms with E-state index in [0.29, 0.717) is 12.4 Å². The highest BCUT2D eigenvalue weighted by Gasteiger charge is 2.53. The van der Waals surface area contributed by atoms with Crippen molar-refractivity contribution in [3.05, 3.63) is 36.3 Å². The number of aromatic nitrogens is 2. The second-order valence-electron chi connectivity index (χ2n) is 7.93. The van der Waals surface area contributed by atoms with Gasteiger partial charge in [-0.05, 0) is 51.8 Å². The number of fused-ring (bicyclic) bond motifs is 1. The number of para-hydroxylation sites is 1. The number of rotatable bonds is 2. The lowest BCUT2D eigenvalue weighted by Gasteiger charge is -2.55. The summed E-state index contributed by atoms with van der Waals surface area (Å²) in [6.07, 6.45) is 2.86. The second kappa shape index (κ2) is 7.05. The zero-order valence-electron chi connectivity index (χ0n) is 15.9. The third-order valence-electron chi connectivity index (χ3n) is 6.24. The Kier molecular flexibility index (Phi) is 4.74. The summed E-state index contributed by atoms with van der Waals surface area (Å²) in [7, 11) is 0. The highest BCUT2D eigenvalue weighted by Crippen LogP contribution is 2.43. The number of hydrogen-bond donors (Lipinski definition) is 3. The molecular formula is C20H27N5O2. The van der Waals surface area contributed by atoms with E-state index in [9.17, 15) is 9.90 Å². The van der Waals surface area contributed by atoms with E-state index < -0.39 is 11.6 Å². The van der Waals surface area contributed by atoms with Gasteiger partial charge in [0, 0.05) is 24.2 Å². The number of piperidine rings is 1. The number of piperazine rings is 1. The molecule has 3 heterocycles. The molecule has 2 fully saturated rings. The van der Waals surface area contributed by atoms with Gasteiger partial charge in [0.1, 0.15) is 5.82 Å². The molecule has 2 saturated heterocycles. The molecule has 7 nitrogen and oxygen atoms in total. The largest absolute Gasteiger partial charge is 0.465 e. The van der Waals surface area contributed by atoms with E-state index in [1.165, 1.54) is 0 Å². The Morgan fingerprint density at radius 2 is 2.04 bits per heavy atom. The minimum absolute atomic E-state index is 0.0379. The summed E-state index contributed by atoms with van der Waals surface area (Å²) in [6, 6.07) is 7.69. The van der Waals surface area contributed by atoms with Crippen molar-refractivity contribution in [3.8, 4) is 0 Å². The van der Waals surface area contributed by atoms with Crippen LogP contribution in [-0.2, 0) is 0 Å². The molecule has 4 rings (SSSR count). The summed E-state index contributed by atoms with van der Waals surface area (Å²) in [4.78, 5) is 23.3. The number of carboxylic acid groups (broad SMARTS) is 1. The average molecular weight is 369 g/mol. The van der Waals surface area contributed by atoms with E-state index in [0.717, 1.165) is 36.8 Å². The van der Waals surface area contributed by atoms with Crippen LogP contribution in [0.15, 0.2) is 30.5 Å². The van der Waals surface area contributed by atoms with Gasteiger partial charge in [-0.2, -0.15) is 0 Å². The van der Waals surface area contributed by atoms with Crippen LogP contribution < -0.4 is 10.6 Å². The minimum atomic E-state index is -0.866. The molecule has 2 aliphatic heterocycles. The molecule has 0 radical (unpaired) electrons. The quantitative estimate of drug-likeness (QED) is 0.753. The first-order valence-electron chi connectivity index (χ1n) is 9.69. The minimum Gasteiger partial charge on any atom is -0.465 e. The Morgan fingerprint density at radius 1 is 1.30 bits per heavy atom. The van der Waals surface area contributed by atoms with Crippen LogP contribution in [0.3, 0.4) is 0 Å². The van der Waals surface area contributed by atoms with Crippen molar-refractivity contribution in [2.45, 2.75) is 44.3 Å². The normalized spacial score (nSPS) is 29.8. The summed E-state index contributed by atoms with van der Waals surface area (Å²) in [6.45, 7) is 6.38. The van der Waals surface area contributed by atoms with Crippen molar-refractivity contribution in [1.82, 2.24) is 25.5 Å². The molecule has 3 atom stereocenters. The average Bonchev–Trinajstić information content (AvgIpc) is 2.69. The summed E-state index contributed by atoms with van der Waals surface area (Å²) in [5.74, 6) is 0.919. The Hall–Kier alpha value is -2.25. The first kappa shape index (κ1) is 18.1. The van der Waals surface area contributed by atoms with Crippen LogP contribution in [0.4, 0.5) is 4.79 Å². The number of amides is 1. The zero-order chi connectivity index (χ0) is 19.0. The summed E-state index contributed by atoms with van der Waals surface area (Å²) < 4.78 is 0. The van der Waals surface area contributed by atoms with Crippen molar-refractivity contribution in [3.63, 3.8) is 0 Å². The first-order chi connectivity index (χ1) is 13.0. The predicted molar refractivity (Wildman–Crippen MR) is 104 cm³/mol. The molecule has 1 aromatic heterocycles. The number of nitrogens with zero attached hydrogens (tertiary/aromatic N) is 3. The molecule has 27 heavy (non-hydrogen) atoms. The summed E-state index contributed by atoms with van der Waals surface area (Å²) in [5.41, 5.74) is 0.292. The number of nitrogens with one attached hydrogen (secondary N) is 2. The third kappa shape index (κ3) is 3.15. The van der Waals surface area contributed by atoms with Gasteiger partial charge in [-0.15, -0.1) is 0 Å². The van der Waals surface area contributed by atoms with Crippen LogP contribution in [-0.4, -0.2) is 57.3 Å². The standard InChI is InChI=1S/C20H27N5O2/c1-13-12-25(19(26)27)20(2,15-7-9-21-10-8-15)17(23-13)18-22-11-14-5-3-4-6-16(14)24-18/h3-6,11,13,15,17,21,23H,7-10,12H2,1-2H3,(H,26,27). The SMILES string of the molecule is CC1CN(C(=O)O)C(C)(C2CCNCC2)C(c2ncc3ccccc3n2)N1. The zero-order valence-corrected chi connectivity index (χ0v) is 15.9. The summed E-state index contributed by atoms with van der Waals surface area (Å²) >= 11 is 0. The monoisotopic (exact) mass is 369 g/mol. The Labute approximate surface area is 159 Å². The lowest BCUT2D eigenvalue weighted by atomic mass is 9.71. The molecule has 1 amide bonds. The first-order valence-corrected chi connectivity index (χ1v) is 9.69. The molecule has 3 N–H and O–H groups in total. The van der Waals surface area contributed by atoms with Gasteiger partial charge in [-0.1, -0.05) is 18.2 Å². The number of carbonyl (C=O) groups is 1. The van der Waals surface area contributed by atoms with Crippen LogP contribution in [0.1, 0.15) is 38.6 Å². The molecule has 7 heteroatoms. The molecule has 0 aliphatic carbocycles. The topological polar surface area (TPSA) is 90.4 Å². The maximum Gasteiger partial charge on any atom is 0.407 e. The Balaban J connectivity index is 1.81. The van der Waals surface area contributed by atoms with E-state index in [4.69, 9.17) is 4.98 Å². The van der Waals surface area contributed by atoms with Crippen molar-refractivity contribution >= 4 is 17.0 Å². The molecule has 2 aromatic rings. The highest BCUT2D eigenvalue weighted by atomic mass is 16.4. The van der Waals surface area contributed by atoms with Crippen molar-refractivity contribution in [1.29, 1.82) is 0 Å². The fourth-order valence-corrected chi connectivity index (χ4v) is 4.74. The van der Waals surface area contributed by atoms with Crippen LogP contribution in [0.5, 0.6) is 0 Å². The molecule has 144 valence electrons. The van der Waals surface area contributed by atoms with Gasteiger partial charge in [0.05, 0.1) is 17.1 Å². The maximum atomic E-state index is 12.2. The fourth-order valence-electron chi connectivity index (χ4n) is 4.74. The van der Waals surface area contributed by atoms with Gasteiger partial charge in [0.2, 0.25) is 0 Å². The molecule has 1 aromatic carbocycles. The molecule has 0 spiro atoms. The van der Waals surface area contributed by atoms with Crippen LogP contribution in [0, 0.1) is 5.92 Å². The van der Waals surface area contributed by atoms with Crippen LogP contribution in [0.2, 0.25) is 0 Å². The van der Waals surface area contributed by atoms with Gasteiger partial charge >= 0.3 is 6.09 Å². The van der Waals surface area contributed by atoms with Crippen molar-refractivity contribution in [2.24, 2.45) is 5.92 Å². The maximum absolute atomic E-state index is 12.2. The molecular weight excluding hydrogens is 342 g/mol. The predicted octanol–water partition coefficient (Wildman–Crippen LogP) is 2.40. The highest BCUT2D eigenvalue weighted by molar-refractivity contribution is 5.77. The lowest BCUT2D eigenvalue weighted by molar-refractivity contribution is -0.0270. The van der Waals surface area contributed by atoms with E-state index >= 15 is 0 Å². The third-order valence-corrected chi connectivity index (χ3v) is 6.24. The van der Waals surface area contributed by atoms with Gasteiger partial charge in [0.15, 0.2) is 0 Å². The van der Waals surface area contributed by atoms with Gasteiger partial charge in [-0.25, -0.2) is 14.8 Å². The molecule has 3 unspecified atom stereocenters. The summed E-state index contributed by atoms with van der Waals surface area (Å²) in [5, 5.41) is 18.0. The fraction of sp³-hybridized carbons (Fsp3) is 0.550. The smallest absolute Gasteiger partial charge is 0.407 e. The molecule has 0 saturated carbocycles. The van der Waals surface area contributed by atoms with Gasteiger partial charge in [0.25, 0.3) is 0 Å². The van der Waals surface area contributed by atoms with E-state index in [1.807, 2.05) is 37.4 Å². The van der Waals surface area contributed by atoms with Crippen LogP contribution >= 0.6 is 0 Å². The number of hydrogen-bond acceptors (Lipinski definition) is 5. The van der Waals surface area contributed by atoms with Crippen LogP contribution in [0.25, 0.3) is 10.9 Å². The second-order valence-corrected chi connectivity index (χ2v) is 7.93. The van der Waals surface area contributed by atoms with Gasteiger partial charge in [-0.3, -0.25) is 4.90 Å².